The first kappa shape index (κ1) is 16.2. The average molecular weight is 331 g/mol. The topological polar surface area (TPSA) is 75.4 Å². The van der Waals surface area contributed by atoms with Crippen molar-refractivity contribution in [3.63, 3.8) is 0 Å². The second-order valence-corrected chi connectivity index (χ2v) is 5.93. The highest BCUT2D eigenvalue weighted by Gasteiger charge is 2.34. The summed E-state index contributed by atoms with van der Waals surface area (Å²) in [6.07, 6.45) is 3.72. The molecule has 2 aromatic rings. The summed E-state index contributed by atoms with van der Waals surface area (Å²) in [5.41, 5.74) is 1.51. The first-order chi connectivity index (χ1) is 11.5. The van der Waals surface area contributed by atoms with Crippen LogP contribution in [0.1, 0.15) is 35.3 Å². The van der Waals surface area contributed by atoms with E-state index in [4.69, 9.17) is 0 Å². The molecule has 126 valence electrons. The molecule has 7 heteroatoms. The Labute approximate surface area is 138 Å². The zero-order valence-corrected chi connectivity index (χ0v) is 13.3. The number of carboxylic acids is 1. The predicted molar refractivity (Wildman–Crippen MR) is 84.6 cm³/mol. The van der Waals surface area contributed by atoms with E-state index in [1.165, 1.54) is 21.7 Å². The van der Waals surface area contributed by atoms with Crippen LogP contribution < -0.4 is 0 Å². The summed E-state index contributed by atoms with van der Waals surface area (Å²) in [5, 5.41) is 13.6. The van der Waals surface area contributed by atoms with Crippen molar-refractivity contribution in [1.29, 1.82) is 0 Å². The number of rotatable bonds is 3. The van der Waals surface area contributed by atoms with Crippen LogP contribution in [0.15, 0.2) is 30.5 Å². The summed E-state index contributed by atoms with van der Waals surface area (Å²) >= 11 is 0. The standard InChI is InChI=1S/C17H18FN3O3/c1-11-10-21(13-7-5-12(18)6-8-13)19-15(11)16(22)20-9-3-2-4-14(20)17(23)24/h5-8,10,14H,2-4,9H2,1H3,(H,23,24). The highest BCUT2D eigenvalue weighted by molar-refractivity contribution is 5.96. The van der Waals surface area contributed by atoms with Crippen molar-refractivity contribution in [2.75, 3.05) is 6.54 Å². The number of piperidine rings is 1. The van der Waals surface area contributed by atoms with Gasteiger partial charge in [0.15, 0.2) is 5.69 Å². The minimum Gasteiger partial charge on any atom is -0.480 e. The summed E-state index contributed by atoms with van der Waals surface area (Å²) in [6, 6.07) is 4.97. The van der Waals surface area contributed by atoms with Crippen molar-refractivity contribution < 1.29 is 19.1 Å². The summed E-state index contributed by atoms with van der Waals surface area (Å²) < 4.78 is 14.5. The van der Waals surface area contributed by atoms with E-state index in [1.807, 2.05) is 0 Å². The largest absolute Gasteiger partial charge is 0.480 e. The Balaban J connectivity index is 1.90. The van der Waals surface area contributed by atoms with Gasteiger partial charge < -0.3 is 10.0 Å². The third-order valence-electron chi connectivity index (χ3n) is 4.24. The molecule has 1 atom stereocenters. The highest BCUT2D eigenvalue weighted by Crippen LogP contribution is 2.21. The second-order valence-electron chi connectivity index (χ2n) is 5.93. The van der Waals surface area contributed by atoms with E-state index in [0.29, 0.717) is 24.2 Å². The van der Waals surface area contributed by atoms with Crippen molar-refractivity contribution in [3.05, 3.63) is 47.5 Å². The minimum absolute atomic E-state index is 0.229. The molecule has 2 heterocycles. The van der Waals surface area contributed by atoms with Gasteiger partial charge >= 0.3 is 5.97 Å². The van der Waals surface area contributed by atoms with Gasteiger partial charge in [-0.15, -0.1) is 0 Å². The van der Waals surface area contributed by atoms with Crippen LogP contribution in [0.25, 0.3) is 5.69 Å². The van der Waals surface area contributed by atoms with E-state index in [2.05, 4.69) is 5.10 Å². The molecule has 24 heavy (non-hydrogen) atoms. The minimum atomic E-state index is -0.987. The van der Waals surface area contributed by atoms with Crippen molar-refractivity contribution in [1.82, 2.24) is 14.7 Å². The molecule has 1 aromatic carbocycles. The number of amides is 1. The Bertz CT molecular complexity index is 770. The van der Waals surface area contributed by atoms with Gasteiger partial charge in [-0.3, -0.25) is 4.79 Å². The number of aryl methyl sites for hydroxylation is 1. The SMILES string of the molecule is Cc1cn(-c2ccc(F)cc2)nc1C(=O)N1CCCCC1C(=O)O. The van der Waals surface area contributed by atoms with E-state index in [0.717, 1.165) is 12.8 Å². The quantitative estimate of drug-likeness (QED) is 0.937. The summed E-state index contributed by atoms with van der Waals surface area (Å²) in [6.45, 7) is 2.17. The zero-order chi connectivity index (χ0) is 17.3. The fourth-order valence-corrected chi connectivity index (χ4v) is 2.96. The molecule has 0 saturated carbocycles. The summed E-state index contributed by atoms with van der Waals surface area (Å²) in [7, 11) is 0. The Morgan fingerprint density at radius 3 is 2.62 bits per heavy atom. The predicted octanol–water partition coefficient (Wildman–Crippen LogP) is 2.40. The van der Waals surface area contributed by atoms with Gasteiger partial charge in [-0.05, 0) is 50.5 Å². The monoisotopic (exact) mass is 331 g/mol. The molecule has 1 unspecified atom stereocenters. The van der Waals surface area contributed by atoms with E-state index in [-0.39, 0.29) is 17.4 Å². The lowest BCUT2D eigenvalue weighted by Crippen LogP contribution is -2.48. The summed E-state index contributed by atoms with van der Waals surface area (Å²) in [5.74, 6) is -1.71. The number of hydrogen-bond acceptors (Lipinski definition) is 3. The van der Waals surface area contributed by atoms with Crippen molar-refractivity contribution in [2.24, 2.45) is 0 Å². The molecule has 0 aliphatic carbocycles. The number of hydrogen-bond donors (Lipinski definition) is 1. The maximum Gasteiger partial charge on any atom is 0.326 e. The third-order valence-corrected chi connectivity index (χ3v) is 4.24. The lowest BCUT2D eigenvalue weighted by molar-refractivity contribution is -0.143. The molecule has 0 radical (unpaired) electrons. The molecule has 1 aliphatic rings. The molecule has 3 rings (SSSR count). The molecule has 1 fully saturated rings. The molecule has 6 nitrogen and oxygen atoms in total. The van der Waals surface area contributed by atoms with Gasteiger partial charge in [0.25, 0.3) is 5.91 Å². The van der Waals surface area contributed by atoms with E-state index in [1.54, 1.807) is 25.3 Å². The molecule has 0 spiro atoms. The van der Waals surface area contributed by atoms with Gasteiger partial charge in [0, 0.05) is 18.3 Å². The van der Waals surface area contributed by atoms with Crippen LogP contribution >= 0.6 is 0 Å². The normalized spacial score (nSPS) is 17.8. The molecular weight excluding hydrogens is 313 g/mol. The molecule has 1 amide bonds. The van der Waals surface area contributed by atoms with Crippen molar-refractivity contribution in [2.45, 2.75) is 32.2 Å². The Kier molecular flexibility index (Phi) is 4.33. The number of carbonyl (C=O) groups excluding carboxylic acids is 1. The Morgan fingerprint density at radius 1 is 1.25 bits per heavy atom. The maximum atomic E-state index is 13.0. The molecular formula is C17H18FN3O3. The van der Waals surface area contributed by atoms with E-state index in [9.17, 15) is 19.1 Å². The van der Waals surface area contributed by atoms with Gasteiger partial charge in [-0.2, -0.15) is 5.10 Å². The number of halogens is 1. The van der Waals surface area contributed by atoms with Crippen LogP contribution in [-0.2, 0) is 4.79 Å². The van der Waals surface area contributed by atoms with Gasteiger partial charge in [-0.1, -0.05) is 0 Å². The van der Waals surface area contributed by atoms with Crippen LogP contribution in [0.4, 0.5) is 4.39 Å². The van der Waals surface area contributed by atoms with Crippen LogP contribution in [0.5, 0.6) is 0 Å². The fourth-order valence-electron chi connectivity index (χ4n) is 2.96. The summed E-state index contributed by atoms with van der Waals surface area (Å²) in [4.78, 5) is 25.5. The Morgan fingerprint density at radius 2 is 1.96 bits per heavy atom. The molecule has 1 aromatic heterocycles. The number of aliphatic carboxylic acids is 1. The average Bonchev–Trinajstić information content (AvgIpc) is 2.96. The van der Waals surface area contributed by atoms with E-state index < -0.39 is 12.0 Å². The van der Waals surface area contributed by atoms with E-state index >= 15 is 0 Å². The van der Waals surface area contributed by atoms with Gasteiger partial charge in [0.1, 0.15) is 11.9 Å². The van der Waals surface area contributed by atoms with Gasteiger partial charge in [-0.25, -0.2) is 13.9 Å². The number of benzene rings is 1. The van der Waals surface area contributed by atoms with Crippen LogP contribution in [0, 0.1) is 12.7 Å². The molecule has 0 bridgehead atoms. The molecule has 1 saturated heterocycles. The smallest absolute Gasteiger partial charge is 0.326 e. The number of carboxylic acid groups (broad SMARTS) is 1. The van der Waals surface area contributed by atoms with Crippen LogP contribution in [0.3, 0.4) is 0 Å². The second kappa shape index (κ2) is 6.43. The number of aromatic nitrogens is 2. The highest BCUT2D eigenvalue weighted by atomic mass is 19.1. The third kappa shape index (κ3) is 3.02. The zero-order valence-electron chi connectivity index (χ0n) is 13.3. The first-order valence-corrected chi connectivity index (χ1v) is 7.83. The number of nitrogens with zero attached hydrogens (tertiary/aromatic N) is 3. The van der Waals surface area contributed by atoms with Crippen molar-refractivity contribution >= 4 is 11.9 Å². The lowest BCUT2D eigenvalue weighted by atomic mass is 10.0. The number of likely N-dealkylation sites (tertiary alicyclic amines) is 1. The first-order valence-electron chi connectivity index (χ1n) is 7.83. The fraction of sp³-hybridized carbons (Fsp3) is 0.353. The van der Waals surface area contributed by atoms with Crippen LogP contribution in [0.2, 0.25) is 0 Å². The van der Waals surface area contributed by atoms with Crippen molar-refractivity contribution in [3.8, 4) is 5.69 Å². The lowest BCUT2D eigenvalue weighted by Gasteiger charge is -2.32. The maximum absolute atomic E-state index is 13.0. The molecule has 1 N–H and O–H groups in total. The van der Waals surface area contributed by atoms with Crippen LogP contribution in [-0.4, -0.2) is 44.3 Å². The number of carbonyl (C=O) groups is 2. The molecule has 1 aliphatic heterocycles. The Hall–Kier alpha value is -2.70. The van der Waals surface area contributed by atoms with Gasteiger partial charge in [0.2, 0.25) is 0 Å². The van der Waals surface area contributed by atoms with Gasteiger partial charge in [0.05, 0.1) is 5.69 Å².